The lowest BCUT2D eigenvalue weighted by Crippen LogP contribution is -2.00. The molecule has 0 saturated heterocycles. The van der Waals surface area contributed by atoms with Crippen molar-refractivity contribution in [2.75, 3.05) is 0 Å². The highest BCUT2D eigenvalue weighted by atomic mass is 16.3. The summed E-state index contributed by atoms with van der Waals surface area (Å²) in [5, 5.41) is 9.01. The molecule has 0 bridgehead atoms. The molecule has 0 aliphatic heterocycles. The Morgan fingerprint density at radius 2 is 0.855 bits per heavy atom. The Bertz CT molecular complexity index is 3180. The van der Waals surface area contributed by atoms with Crippen LogP contribution in [0.1, 0.15) is 0 Å². The van der Waals surface area contributed by atoms with Gasteiger partial charge in [-0.2, -0.15) is 0 Å². The summed E-state index contributed by atoms with van der Waals surface area (Å²) >= 11 is 0. The molecule has 2 heterocycles. The van der Waals surface area contributed by atoms with E-state index in [-0.39, 0.29) is 0 Å². The topological polar surface area (TPSA) is 51.8 Å². The van der Waals surface area contributed by atoms with E-state index in [4.69, 9.17) is 19.4 Å². The van der Waals surface area contributed by atoms with Gasteiger partial charge in [0.15, 0.2) is 17.5 Å². The fraction of sp³-hybridized carbons (Fsp3) is 0. The summed E-state index contributed by atoms with van der Waals surface area (Å²) in [7, 11) is 0. The van der Waals surface area contributed by atoms with E-state index >= 15 is 0 Å². The Kier molecular flexibility index (Phi) is 7.14. The molecule has 0 amide bonds. The number of furan rings is 1. The maximum atomic E-state index is 6.93. The van der Waals surface area contributed by atoms with Gasteiger partial charge in [-0.3, -0.25) is 0 Å². The molecular formula is C51H31N3O. The van der Waals surface area contributed by atoms with Crippen LogP contribution in [0.4, 0.5) is 0 Å². The molecule has 11 aromatic rings. The van der Waals surface area contributed by atoms with E-state index in [1.54, 1.807) is 0 Å². The molecule has 9 aromatic carbocycles. The van der Waals surface area contributed by atoms with Gasteiger partial charge in [-0.25, -0.2) is 15.0 Å². The van der Waals surface area contributed by atoms with E-state index in [1.807, 2.05) is 0 Å². The van der Waals surface area contributed by atoms with Gasteiger partial charge in [0.25, 0.3) is 0 Å². The molecule has 0 N–H and O–H groups in total. The highest BCUT2D eigenvalue weighted by molar-refractivity contribution is 6.23. The Labute approximate surface area is 317 Å². The molecule has 55 heavy (non-hydrogen) atoms. The second-order valence-corrected chi connectivity index (χ2v) is 14.0. The third-order valence-corrected chi connectivity index (χ3v) is 10.7. The number of hydrogen-bond donors (Lipinski definition) is 0. The molecule has 0 saturated carbocycles. The highest BCUT2D eigenvalue weighted by Gasteiger charge is 2.21. The minimum atomic E-state index is 0.561. The third kappa shape index (κ3) is 5.34. The fourth-order valence-corrected chi connectivity index (χ4v) is 7.99. The normalized spacial score (nSPS) is 11.6. The average Bonchev–Trinajstić information content (AvgIpc) is 3.65. The van der Waals surface area contributed by atoms with E-state index in [1.165, 1.54) is 27.3 Å². The van der Waals surface area contributed by atoms with Gasteiger partial charge in [0.1, 0.15) is 11.2 Å². The first-order valence-electron chi connectivity index (χ1n) is 18.5. The summed E-state index contributed by atoms with van der Waals surface area (Å²) in [6.45, 7) is 0. The SMILES string of the molecule is c1ccc(-c2cccc(-c3cc4oc5c(-c6nc(-c7ccc8ccccc8c7)nc(-c7ccc8ccccc8c7)n6)cccc5c4c4ccccc34)c2)cc1. The van der Waals surface area contributed by atoms with E-state index in [0.29, 0.717) is 17.5 Å². The summed E-state index contributed by atoms with van der Waals surface area (Å²) < 4.78 is 6.93. The zero-order chi connectivity index (χ0) is 36.3. The zero-order valence-electron chi connectivity index (χ0n) is 29.6. The Balaban J connectivity index is 1.13. The predicted octanol–water partition coefficient (Wildman–Crippen LogP) is 13.6. The smallest absolute Gasteiger partial charge is 0.167 e. The number of para-hydroxylation sites is 1. The van der Waals surface area contributed by atoms with Gasteiger partial charge in [-0.05, 0) is 84.9 Å². The summed E-state index contributed by atoms with van der Waals surface area (Å²) in [6.07, 6.45) is 0. The third-order valence-electron chi connectivity index (χ3n) is 10.7. The van der Waals surface area contributed by atoms with Gasteiger partial charge in [0.2, 0.25) is 0 Å². The van der Waals surface area contributed by atoms with Crippen LogP contribution >= 0.6 is 0 Å². The van der Waals surface area contributed by atoms with Gasteiger partial charge in [-0.15, -0.1) is 0 Å². The molecule has 0 atom stereocenters. The molecule has 4 nitrogen and oxygen atoms in total. The lowest BCUT2D eigenvalue weighted by molar-refractivity contribution is 0.670. The van der Waals surface area contributed by atoms with Gasteiger partial charge in [0.05, 0.1) is 5.56 Å². The first-order chi connectivity index (χ1) is 27.2. The molecular weight excluding hydrogens is 671 g/mol. The van der Waals surface area contributed by atoms with Crippen LogP contribution in [0.5, 0.6) is 0 Å². The number of fused-ring (bicyclic) bond motifs is 7. The van der Waals surface area contributed by atoms with Crippen LogP contribution < -0.4 is 0 Å². The van der Waals surface area contributed by atoms with E-state index in [9.17, 15) is 0 Å². The van der Waals surface area contributed by atoms with E-state index < -0.39 is 0 Å². The maximum absolute atomic E-state index is 6.93. The summed E-state index contributed by atoms with van der Waals surface area (Å²) in [5.41, 5.74) is 8.86. The molecule has 0 spiro atoms. The molecule has 0 aliphatic carbocycles. The van der Waals surface area contributed by atoms with Crippen molar-refractivity contribution >= 4 is 54.3 Å². The number of aromatic nitrogens is 3. The summed E-state index contributed by atoms with van der Waals surface area (Å²) in [6, 6.07) is 65.8. The average molecular weight is 702 g/mol. The van der Waals surface area contributed by atoms with E-state index in [0.717, 1.165) is 65.9 Å². The quantitative estimate of drug-likeness (QED) is 0.179. The molecule has 11 rings (SSSR count). The molecule has 0 radical (unpaired) electrons. The zero-order valence-corrected chi connectivity index (χ0v) is 29.6. The summed E-state index contributed by atoms with van der Waals surface area (Å²) in [5.74, 6) is 1.78. The van der Waals surface area contributed by atoms with Crippen molar-refractivity contribution < 1.29 is 4.42 Å². The Morgan fingerprint density at radius 1 is 0.309 bits per heavy atom. The van der Waals surface area contributed by atoms with Gasteiger partial charge in [0, 0.05) is 21.9 Å². The van der Waals surface area contributed by atoms with Crippen LogP contribution in [-0.2, 0) is 0 Å². The fourth-order valence-electron chi connectivity index (χ4n) is 7.99. The van der Waals surface area contributed by atoms with Crippen molar-refractivity contribution in [2.24, 2.45) is 0 Å². The minimum Gasteiger partial charge on any atom is -0.455 e. The van der Waals surface area contributed by atoms with Crippen molar-refractivity contribution in [2.45, 2.75) is 0 Å². The van der Waals surface area contributed by atoms with Crippen molar-refractivity contribution in [3.05, 3.63) is 188 Å². The molecule has 0 fully saturated rings. The van der Waals surface area contributed by atoms with Gasteiger partial charge in [-0.1, -0.05) is 158 Å². The molecule has 0 unspecified atom stereocenters. The van der Waals surface area contributed by atoms with Crippen molar-refractivity contribution in [1.29, 1.82) is 0 Å². The predicted molar refractivity (Wildman–Crippen MR) is 227 cm³/mol. The van der Waals surface area contributed by atoms with Crippen LogP contribution in [-0.4, -0.2) is 15.0 Å². The minimum absolute atomic E-state index is 0.561. The number of rotatable bonds is 5. The molecule has 2 aromatic heterocycles. The summed E-state index contributed by atoms with van der Waals surface area (Å²) in [4.78, 5) is 15.4. The first kappa shape index (κ1) is 31.1. The first-order valence-corrected chi connectivity index (χ1v) is 18.5. The van der Waals surface area contributed by atoms with Gasteiger partial charge < -0.3 is 4.42 Å². The largest absolute Gasteiger partial charge is 0.455 e. The highest BCUT2D eigenvalue weighted by Crippen LogP contribution is 2.43. The van der Waals surface area contributed by atoms with Crippen LogP contribution in [0.3, 0.4) is 0 Å². The Morgan fingerprint density at radius 3 is 1.56 bits per heavy atom. The maximum Gasteiger partial charge on any atom is 0.167 e. The number of nitrogens with zero attached hydrogens (tertiary/aromatic N) is 3. The second kappa shape index (κ2) is 12.6. The van der Waals surface area contributed by atoms with Crippen molar-refractivity contribution in [3.8, 4) is 56.4 Å². The lowest BCUT2D eigenvalue weighted by atomic mass is 9.93. The van der Waals surface area contributed by atoms with Crippen LogP contribution in [0.25, 0.3) is 111 Å². The number of hydrogen-bond acceptors (Lipinski definition) is 4. The molecule has 256 valence electrons. The van der Waals surface area contributed by atoms with Crippen LogP contribution in [0, 0.1) is 0 Å². The van der Waals surface area contributed by atoms with E-state index in [2.05, 4.69) is 188 Å². The second-order valence-electron chi connectivity index (χ2n) is 14.0. The molecule has 0 aliphatic rings. The van der Waals surface area contributed by atoms with Gasteiger partial charge >= 0.3 is 0 Å². The molecule has 4 heteroatoms. The Hall–Kier alpha value is -7.43. The van der Waals surface area contributed by atoms with Crippen LogP contribution in [0.15, 0.2) is 192 Å². The van der Waals surface area contributed by atoms with Crippen LogP contribution in [0.2, 0.25) is 0 Å². The number of benzene rings is 9. The van der Waals surface area contributed by atoms with Crippen molar-refractivity contribution in [1.82, 2.24) is 15.0 Å². The monoisotopic (exact) mass is 701 g/mol. The van der Waals surface area contributed by atoms with Crippen molar-refractivity contribution in [3.63, 3.8) is 0 Å². The standard InChI is InChI=1S/C51H31N3O/c1-2-12-32(13-3-1)37-18-10-19-38(28-37)45-31-46-47(42-21-9-8-20-41(42)45)43-22-11-23-44(48(43)55-46)51-53-49(39-26-24-33-14-4-6-16-35(33)29-39)52-50(54-51)40-27-25-34-15-5-7-17-36(34)30-40/h1-31H. The lowest BCUT2D eigenvalue weighted by Gasteiger charge is -2.10.